The molecule has 0 atom stereocenters. The van der Waals surface area contributed by atoms with E-state index in [0.29, 0.717) is 11.1 Å². The molecule has 0 fully saturated rings. The van der Waals surface area contributed by atoms with Crippen molar-refractivity contribution in [3.63, 3.8) is 0 Å². The monoisotopic (exact) mass is 206 g/mol. The normalized spacial score (nSPS) is 8.38. The molecule has 1 aromatic carbocycles. The fourth-order valence-corrected chi connectivity index (χ4v) is 1.56. The van der Waals surface area contributed by atoms with Crippen molar-refractivity contribution >= 4 is 0 Å². The van der Waals surface area contributed by atoms with Gasteiger partial charge in [-0.25, -0.2) is 0 Å². The molecule has 0 amide bonds. The van der Waals surface area contributed by atoms with Gasteiger partial charge in [-0.1, -0.05) is 0 Å². The number of nitriles is 4. The van der Waals surface area contributed by atoms with Gasteiger partial charge in [-0.15, -0.1) is 0 Å². The van der Waals surface area contributed by atoms with Gasteiger partial charge < -0.3 is 0 Å². The van der Waals surface area contributed by atoms with Crippen molar-refractivity contribution in [1.82, 2.24) is 0 Å². The summed E-state index contributed by atoms with van der Waals surface area (Å²) in [7, 11) is 0. The maximum absolute atomic E-state index is 8.94. The minimum Gasteiger partial charge on any atom is -0.192 e. The predicted octanol–water partition coefficient (Wildman–Crippen LogP) is 1.79. The second kappa shape index (κ2) is 4.14. The zero-order chi connectivity index (χ0) is 12.3. The van der Waals surface area contributed by atoms with Crippen LogP contribution in [0, 0.1) is 59.2 Å². The highest BCUT2D eigenvalue weighted by Gasteiger charge is 2.18. The van der Waals surface area contributed by atoms with E-state index in [1.165, 1.54) is 0 Å². The van der Waals surface area contributed by atoms with Crippen molar-refractivity contribution in [2.24, 2.45) is 0 Å². The molecule has 0 aliphatic rings. The van der Waals surface area contributed by atoms with Crippen LogP contribution in [-0.4, -0.2) is 0 Å². The largest absolute Gasteiger partial charge is 0.192 e. The molecule has 4 heteroatoms. The third-order valence-electron chi connectivity index (χ3n) is 2.45. The summed E-state index contributed by atoms with van der Waals surface area (Å²) >= 11 is 0. The number of nitrogens with zero attached hydrogens (tertiary/aromatic N) is 4. The Balaban J connectivity index is 3.98. The first-order valence-corrected chi connectivity index (χ1v) is 4.39. The third kappa shape index (κ3) is 1.36. The Kier molecular flexibility index (Phi) is 2.91. The fourth-order valence-electron chi connectivity index (χ4n) is 1.56. The highest BCUT2D eigenvalue weighted by molar-refractivity contribution is 5.66. The Morgan fingerprint density at radius 2 is 0.750 bits per heavy atom. The molecule has 0 aliphatic heterocycles. The Labute approximate surface area is 93.2 Å². The molecule has 1 rings (SSSR count). The molecule has 0 saturated heterocycles. The van der Waals surface area contributed by atoms with Crippen LogP contribution in [0.3, 0.4) is 0 Å². The summed E-state index contributed by atoms with van der Waals surface area (Å²) in [5, 5.41) is 35.8. The lowest BCUT2D eigenvalue weighted by Crippen LogP contribution is -2.01. The molecule has 74 valence electrons. The first kappa shape index (κ1) is 11.3. The standard InChI is InChI=1S/C12H6N4/c1-7-9(3-13)11(5-15)8(2)12(6-16)10(7)4-14/h1-2H3. The van der Waals surface area contributed by atoms with E-state index in [9.17, 15) is 0 Å². The summed E-state index contributed by atoms with van der Waals surface area (Å²) in [6.07, 6.45) is 0. The average molecular weight is 206 g/mol. The van der Waals surface area contributed by atoms with E-state index in [0.717, 1.165) is 0 Å². The minimum absolute atomic E-state index is 0.176. The van der Waals surface area contributed by atoms with Crippen molar-refractivity contribution in [3.8, 4) is 24.3 Å². The fraction of sp³-hybridized carbons (Fsp3) is 0.167. The van der Waals surface area contributed by atoms with Crippen LogP contribution >= 0.6 is 0 Å². The molecule has 0 saturated carbocycles. The quantitative estimate of drug-likeness (QED) is 0.646. The van der Waals surface area contributed by atoms with E-state index in [4.69, 9.17) is 21.0 Å². The van der Waals surface area contributed by atoms with Gasteiger partial charge in [0.1, 0.15) is 24.3 Å². The van der Waals surface area contributed by atoms with Crippen LogP contribution < -0.4 is 0 Å². The third-order valence-corrected chi connectivity index (χ3v) is 2.45. The van der Waals surface area contributed by atoms with Crippen molar-refractivity contribution in [2.75, 3.05) is 0 Å². The number of benzene rings is 1. The van der Waals surface area contributed by atoms with Gasteiger partial charge in [0.15, 0.2) is 0 Å². The molecule has 0 bridgehead atoms. The van der Waals surface area contributed by atoms with Crippen molar-refractivity contribution in [3.05, 3.63) is 33.4 Å². The number of hydrogen-bond acceptors (Lipinski definition) is 4. The van der Waals surface area contributed by atoms with Gasteiger partial charge in [-0.05, 0) is 25.0 Å². The van der Waals surface area contributed by atoms with Gasteiger partial charge in [0.2, 0.25) is 0 Å². The van der Waals surface area contributed by atoms with E-state index in [1.54, 1.807) is 13.8 Å². The molecule has 0 aromatic heterocycles. The molecule has 16 heavy (non-hydrogen) atoms. The summed E-state index contributed by atoms with van der Waals surface area (Å²) in [4.78, 5) is 0. The van der Waals surface area contributed by atoms with E-state index in [1.807, 2.05) is 24.3 Å². The van der Waals surface area contributed by atoms with E-state index >= 15 is 0 Å². The molecule has 0 radical (unpaired) electrons. The molecule has 1 aromatic rings. The zero-order valence-electron chi connectivity index (χ0n) is 8.79. The summed E-state index contributed by atoms with van der Waals surface area (Å²) in [5.74, 6) is 0. The van der Waals surface area contributed by atoms with Gasteiger partial charge in [0.05, 0.1) is 22.3 Å². The number of rotatable bonds is 0. The Morgan fingerprint density at radius 3 is 0.875 bits per heavy atom. The predicted molar refractivity (Wildman–Crippen MR) is 54.8 cm³/mol. The van der Waals surface area contributed by atoms with Crippen LogP contribution in [0.5, 0.6) is 0 Å². The Hall–Kier alpha value is -2.82. The maximum atomic E-state index is 8.94. The van der Waals surface area contributed by atoms with Crippen molar-refractivity contribution < 1.29 is 0 Å². The lowest BCUT2D eigenvalue weighted by molar-refractivity contribution is 1.25. The molecule has 0 N–H and O–H groups in total. The zero-order valence-corrected chi connectivity index (χ0v) is 8.79. The van der Waals surface area contributed by atoms with Crippen LogP contribution in [-0.2, 0) is 0 Å². The van der Waals surface area contributed by atoms with Gasteiger partial charge in [0.25, 0.3) is 0 Å². The van der Waals surface area contributed by atoms with Crippen LogP contribution in [0.1, 0.15) is 33.4 Å². The first-order chi connectivity index (χ1) is 7.62. The van der Waals surface area contributed by atoms with E-state index in [-0.39, 0.29) is 22.3 Å². The van der Waals surface area contributed by atoms with Crippen LogP contribution in [0.2, 0.25) is 0 Å². The lowest BCUT2D eigenvalue weighted by Gasteiger charge is -2.08. The Bertz CT molecular complexity index is 517. The SMILES string of the molecule is Cc1c(C#N)c(C#N)c(C)c(C#N)c1C#N. The van der Waals surface area contributed by atoms with Gasteiger partial charge >= 0.3 is 0 Å². The topological polar surface area (TPSA) is 95.2 Å². The van der Waals surface area contributed by atoms with Crippen LogP contribution in [0.25, 0.3) is 0 Å². The van der Waals surface area contributed by atoms with Crippen LogP contribution in [0.4, 0.5) is 0 Å². The molecule has 0 aliphatic carbocycles. The molecular weight excluding hydrogens is 200 g/mol. The van der Waals surface area contributed by atoms with Crippen LogP contribution in [0.15, 0.2) is 0 Å². The maximum Gasteiger partial charge on any atom is 0.101 e. The van der Waals surface area contributed by atoms with E-state index < -0.39 is 0 Å². The van der Waals surface area contributed by atoms with E-state index in [2.05, 4.69) is 0 Å². The van der Waals surface area contributed by atoms with Crippen molar-refractivity contribution in [1.29, 1.82) is 21.0 Å². The first-order valence-electron chi connectivity index (χ1n) is 4.39. The summed E-state index contributed by atoms with van der Waals surface area (Å²) < 4.78 is 0. The summed E-state index contributed by atoms with van der Waals surface area (Å²) in [6, 6.07) is 7.59. The lowest BCUT2D eigenvalue weighted by atomic mass is 9.89. The van der Waals surface area contributed by atoms with Gasteiger partial charge in [0, 0.05) is 0 Å². The van der Waals surface area contributed by atoms with Gasteiger partial charge in [-0.3, -0.25) is 0 Å². The highest BCUT2D eigenvalue weighted by atomic mass is 14.3. The average Bonchev–Trinajstić information content (AvgIpc) is 2.30. The molecule has 4 nitrogen and oxygen atoms in total. The molecule has 0 heterocycles. The van der Waals surface area contributed by atoms with Crippen molar-refractivity contribution in [2.45, 2.75) is 13.8 Å². The number of hydrogen-bond donors (Lipinski definition) is 0. The summed E-state index contributed by atoms with van der Waals surface area (Å²) in [6.45, 7) is 3.14. The highest BCUT2D eigenvalue weighted by Crippen LogP contribution is 2.25. The second-order valence-corrected chi connectivity index (χ2v) is 3.20. The molecule has 0 spiro atoms. The summed E-state index contributed by atoms with van der Waals surface area (Å²) in [5.41, 5.74) is 1.49. The van der Waals surface area contributed by atoms with Gasteiger partial charge in [-0.2, -0.15) is 21.0 Å². The molecule has 0 unspecified atom stereocenters. The second-order valence-electron chi connectivity index (χ2n) is 3.20. The minimum atomic E-state index is 0.176. The smallest absolute Gasteiger partial charge is 0.101 e. The Morgan fingerprint density at radius 1 is 0.562 bits per heavy atom. The molecular formula is C12H6N4.